The third-order valence-electron chi connectivity index (χ3n) is 3.52. The fourth-order valence-corrected chi connectivity index (χ4v) is 2.12. The number of aliphatic hydroxyl groups is 1. The molecule has 17 heavy (non-hydrogen) atoms. The van der Waals surface area contributed by atoms with Gasteiger partial charge in [0.15, 0.2) is 11.5 Å². The SMILES string of the molecule is COc1cc(CNC2(CO)CCC2)ccc1O. The number of hydrogen-bond acceptors (Lipinski definition) is 4. The minimum atomic E-state index is -0.0921. The highest BCUT2D eigenvalue weighted by Crippen LogP contribution is 2.32. The summed E-state index contributed by atoms with van der Waals surface area (Å²) in [6.07, 6.45) is 3.23. The molecule has 94 valence electrons. The van der Waals surface area contributed by atoms with Crippen LogP contribution in [-0.4, -0.2) is 29.5 Å². The quantitative estimate of drug-likeness (QED) is 0.724. The van der Waals surface area contributed by atoms with Crippen molar-refractivity contribution >= 4 is 0 Å². The van der Waals surface area contributed by atoms with Crippen molar-refractivity contribution < 1.29 is 14.9 Å². The van der Waals surface area contributed by atoms with E-state index in [1.54, 1.807) is 6.07 Å². The molecule has 0 bridgehead atoms. The van der Waals surface area contributed by atoms with Crippen LogP contribution in [0.3, 0.4) is 0 Å². The Morgan fingerprint density at radius 1 is 1.41 bits per heavy atom. The van der Waals surface area contributed by atoms with Crippen molar-refractivity contribution in [2.24, 2.45) is 0 Å². The van der Waals surface area contributed by atoms with E-state index in [1.165, 1.54) is 13.5 Å². The van der Waals surface area contributed by atoms with Gasteiger partial charge in [0.1, 0.15) is 0 Å². The summed E-state index contributed by atoms with van der Waals surface area (Å²) >= 11 is 0. The van der Waals surface area contributed by atoms with Crippen LogP contribution in [0.4, 0.5) is 0 Å². The highest BCUT2D eigenvalue weighted by Gasteiger charge is 2.35. The molecule has 1 aromatic rings. The van der Waals surface area contributed by atoms with Gasteiger partial charge in [0.05, 0.1) is 13.7 Å². The normalized spacial score (nSPS) is 17.5. The van der Waals surface area contributed by atoms with Crippen LogP contribution in [0.25, 0.3) is 0 Å². The standard InChI is InChI=1S/C13H19NO3/c1-17-12-7-10(3-4-11(12)16)8-14-13(9-15)5-2-6-13/h3-4,7,14-16H,2,5-6,8-9H2,1H3. The Hall–Kier alpha value is -1.26. The van der Waals surface area contributed by atoms with E-state index in [0.717, 1.165) is 18.4 Å². The second kappa shape index (κ2) is 4.94. The third kappa shape index (κ3) is 2.53. The van der Waals surface area contributed by atoms with Crippen LogP contribution in [0.5, 0.6) is 11.5 Å². The number of benzene rings is 1. The Morgan fingerprint density at radius 2 is 2.18 bits per heavy atom. The molecule has 1 aliphatic rings. The predicted molar refractivity (Wildman–Crippen MR) is 65.2 cm³/mol. The van der Waals surface area contributed by atoms with E-state index in [0.29, 0.717) is 12.3 Å². The highest BCUT2D eigenvalue weighted by atomic mass is 16.5. The summed E-state index contributed by atoms with van der Waals surface area (Å²) in [4.78, 5) is 0. The Morgan fingerprint density at radius 3 is 2.71 bits per heavy atom. The average Bonchev–Trinajstić information content (AvgIpc) is 2.30. The van der Waals surface area contributed by atoms with Gasteiger partial charge in [-0.1, -0.05) is 6.07 Å². The topological polar surface area (TPSA) is 61.7 Å². The second-order valence-electron chi connectivity index (χ2n) is 4.65. The lowest BCUT2D eigenvalue weighted by atomic mass is 9.77. The molecule has 3 N–H and O–H groups in total. The van der Waals surface area contributed by atoms with E-state index in [-0.39, 0.29) is 17.9 Å². The van der Waals surface area contributed by atoms with Crippen molar-refractivity contribution in [3.63, 3.8) is 0 Å². The van der Waals surface area contributed by atoms with Gasteiger partial charge >= 0.3 is 0 Å². The molecule has 0 saturated heterocycles. The first-order chi connectivity index (χ1) is 8.19. The van der Waals surface area contributed by atoms with E-state index in [2.05, 4.69) is 5.32 Å². The lowest BCUT2D eigenvalue weighted by Crippen LogP contribution is -2.53. The van der Waals surface area contributed by atoms with Crippen molar-refractivity contribution in [1.82, 2.24) is 5.32 Å². The molecule has 0 unspecified atom stereocenters. The van der Waals surface area contributed by atoms with Gasteiger partial charge in [-0.15, -0.1) is 0 Å². The molecule has 4 nitrogen and oxygen atoms in total. The van der Waals surface area contributed by atoms with Crippen molar-refractivity contribution in [3.8, 4) is 11.5 Å². The maximum absolute atomic E-state index is 9.48. The minimum absolute atomic E-state index is 0.0921. The Labute approximate surface area is 101 Å². The minimum Gasteiger partial charge on any atom is -0.504 e. The molecule has 2 rings (SSSR count). The molecule has 0 spiro atoms. The Kier molecular flexibility index (Phi) is 3.54. The number of hydrogen-bond donors (Lipinski definition) is 3. The van der Waals surface area contributed by atoms with Crippen LogP contribution < -0.4 is 10.1 Å². The molecule has 1 saturated carbocycles. The summed E-state index contributed by atoms with van der Waals surface area (Å²) in [6, 6.07) is 5.29. The molecule has 0 heterocycles. The fourth-order valence-electron chi connectivity index (χ4n) is 2.12. The smallest absolute Gasteiger partial charge is 0.160 e. The Bertz CT molecular complexity index is 383. The van der Waals surface area contributed by atoms with Gasteiger partial charge in [-0.3, -0.25) is 0 Å². The molecule has 0 aromatic heterocycles. The zero-order valence-corrected chi connectivity index (χ0v) is 10.1. The van der Waals surface area contributed by atoms with Gasteiger partial charge in [-0.25, -0.2) is 0 Å². The molecule has 4 heteroatoms. The number of methoxy groups -OCH3 is 1. The van der Waals surface area contributed by atoms with E-state index in [1.807, 2.05) is 12.1 Å². The number of phenolic OH excluding ortho intramolecular Hbond substituents is 1. The van der Waals surface area contributed by atoms with Gasteiger partial charge < -0.3 is 20.3 Å². The van der Waals surface area contributed by atoms with Crippen molar-refractivity contribution in [2.45, 2.75) is 31.3 Å². The molecule has 0 amide bonds. The van der Waals surface area contributed by atoms with Gasteiger partial charge in [-0.2, -0.15) is 0 Å². The lowest BCUT2D eigenvalue weighted by molar-refractivity contribution is 0.0872. The van der Waals surface area contributed by atoms with Crippen LogP contribution in [0, 0.1) is 0 Å². The van der Waals surface area contributed by atoms with Gasteiger partial charge in [0, 0.05) is 12.1 Å². The third-order valence-corrected chi connectivity index (χ3v) is 3.52. The second-order valence-corrected chi connectivity index (χ2v) is 4.65. The van der Waals surface area contributed by atoms with Crippen LogP contribution in [0.2, 0.25) is 0 Å². The van der Waals surface area contributed by atoms with Gasteiger partial charge in [-0.05, 0) is 37.0 Å². The van der Waals surface area contributed by atoms with Crippen molar-refractivity contribution in [2.75, 3.05) is 13.7 Å². The number of aliphatic hydroxyl groups excluding tert-OH is 1. The summed E-state index contributed by atoms with van der Waals surface area (Å²) in [7, 11) is 1.54. The number of nitrogens with one attached hydrogen (secondary N) is 1. The van der Waals surface area contributed by atoms with E-state index in [9.17, 15) is 10.2 Å². The fraction of sp³-hybridized carbons (Fsp3) is 0.538. The molecule has 0 aliphatic heterocycles. The highest BCUT2D eigenvalue weighted by molar-refractivity contribution is 5.41. The molecule has 1 aromatic carbocycles. The number of aromatic hydroxyl groups is 1. The summed E-state index contributed by atoms with van der Waals surface area (Å²) in [6.45, 7) is 0.861. The molecule has 1 aliphatic carbocycles. The van der Waals surface area contributed by atoms with Gasteiger partial charge in [0.25, 0.3) is 0 Å². The molecule has 0 atom stereocenters. The summed E-state index contributed by atoms with van der Waals surface area (Å²) < 4.78 is 5.06. The Balaban J connectivity index is 1.99. The molecular formula is C13H19NO3. The maximum atomic E-state index is 9.48. The van der Waals surface area contributed by atoms with E-state index in [4.69, 9.17) is 4.74 Å². The summed E-state index contributed by atoms with van der Waals surface area (Å²) in [5.41, 5.74) is 0.949. The lowest BCUT2D eigenvalue weighted by Gasteiger charge is -2.41. The maximum Gasteiger partial charge on any atom is 0.160 e. The van der Waals surface area contributed by atoms with Crippen molar-refractivity contribution in [1.29, 1.82) is 0 Å². The number of rotatable bonds is 5. The molecular weight excluding hydrogens is 218 g/mol. The van der Waals surface area contributed by atoms with Crippen LogP contribution in [0.1, 0.15) is 24.8 Å². The number of phenols is 1. The summed E-state index contributed by atoms with van der Waals surface area (Å²) in [5, 5.41) is 22.2. The molecule has 0 radical (unpaired) electrons. The van der Waals surface area contributed by atoms with E-state index >= 15 is 0 Å². The van der Waals surface area contributed by atoms with Crippen molar-refractivity contribution in [3.05, 3.63) is 23.8 Å². The van der Waals surface area contributed by atoms with Crippen LogP contribution in [0.15, 0.2) is 18.2 Å². The zero-order valence-electron chi connectivity index (χ0n) is 10.1. The first-order valence-electron chi connectivity index (χ1n) is 5.91. The van der Waals surface area contributed by atoms with Crippen LogP contribution >= 0.6 is 0 Å². The van der Waals surface area contributed by atoms with Crippen LogP contribution in [-0.2, 0) is 6.54 Å². The summed E-state index contributed by atoms with van der Waals surface area (Å²) in [5.74, 6) is 0.632. The number of ether oxygens (including phenoxy) is 1. The first kappa shape index (κ1) is 12.2. The largest absolute Gasteiger partial charge is 0.504 e. The monoisotopic (exact) mass is 237 g/mol. The predicted octanol–water partition coefficient (Wildman–Crippen LogP) is 1.41. The van der Waals surface area contributed by atoms with E-state index < -0.39 is 0 Å². The zero-order chi connectivity index (χ0) is 12.3. The average molecular weight is 237 g/mol. The molecule has 1 fully saturated rings. The first-order valence-corrected chi connectivity index (χ1v) is 5.91. The van der Waals surface area contributed by atoms with Gasteiger partial charge in [0.2, 0.25) is 0 Å².